The Morgan fingerprint density at radius 3 is 3.00 bits per heavy atom. The van der Waals surface area contributed by atoms with Gasteiger partial charge in [0, 0.05) is 45.0 Å². The van der Waals surface area contributed by atoms with Crippen molar-refractivity contribution in [1.29, 1.82) is 0 Å². The Balaban J connectivity index is 0.000000845. The molecule has 0 atom stereocenters. The second-order valence-corrected chi connectivity index (χ2v) is 2.40. The van der Waals surface area contributed by atoms with Crippen LogP contribution in [0.25, 0.3) is 5.52 Å². The van der Waals surface area contributed by atoms with Gasteiger partial charge in [-0.15, -0.1) is 5.10 Å². The molecule has 1 radical (unpaired) electrons. The molecule has 0 unspecified atom stereocenters. The number of aromatic nitrogens is 2. The zero-order chi connectivity index (χ0) is 8.39. The van der Waals surface area contributed by atoms with E-state index in [4.69, 9.17) is 4.74 Å². The molecule has 0 amide bonds. The maximum atomic E-state index is 5.15. The summed E-state index contributed by atoms with van der Waals surface area (Å²) in [6.07, 6.45) is 1.88. The van der Waals surface area contributed by atoms with Gasteiger partial charge in [-0.05, 0) is 18.7 Å². The van der Waals surface area contributed by atoms with Gasteiger partial charge in [0.05, 0.1) is 5.52 Å². The van der Waals surface area contributed by atoms with Gasteiger partial charge >= 0.3 is 0 Å². The molecule has 0 aliphatic carbocycles. The molecule has 0 saturated heterocycles. The summed E-state index contributed by atoms with van der Waals surface area (Å²) in [5.41, 5.74) is 1.03. The van der Waals surface area contributed by atoms with Crippen molar-refractivity contribution in [2.75, 3.05) is 6.61 Å². The van der Waals surface area contributed by atoms with Gasteiger partial charge in [0.15, 0.2) is 0 Å². The molecule has 0 fully saturated rings. The first-order valence-corrected chi connectivity index (χ1v) is 3.76. The van der Waals surface area contributed by atoms with Crippen molar-refractivity contribution in [1.82, 2.24) is 9.61 Å². The van der Waals surface area contributed by atoms with Gasteiger partial charge in [-0.2, -0.15) is 0 Å². The van der Waals surface area contributed by atoms with Crippen LogP contribution in [0.3, 0.4) is 0 Å². The first-order valence-electron chi connectivity index (χ1n) is 3.76. The fourth-order valence-electron chi connectivity index (χ4n) is 1.09. The van der Waals surface area contributed by atoms with E-state index in [0.29, 0.717) is 12.5 Å². The molecule has 4 heteroatoms. The number of hydrogen-bond donors (Lipinski definition) is 0. The van der Waals surface area contributed by atoms with Crippen molar-refractivity contribution < 1.29 is 37.4 Å². The number of rotatable bonds is 2. The van der Waals surface area contributed by atoms with Crippen molar-refractivity contribution in [3.8, 4) is 5.88 Å². The quantitative estimate of drug-likeness (QED) is 0.756. The predicted octanol–water partition coefficient (Wildman–Crippen LogP) is 1.54. The van der Waals surface area contributed by atoms with Gasteiger partial charge in [0.25, 0.3) is 0 Å². The van der Waals surface area contributed by atoms with E-state index in [1.54, 1.807) is 4.52 Å². The molecule has 2 heterocycles. The third-order valence-electron chi connectivity index (χ3n) is 1.60. The number of fused-ring (bicyclic) bond motifs is 1. The van der Waals surface area contributed by atoms with Crippen LogP contribution in [-0.2, 0) is 32.7 Å². The van der Waals surface area contributed by atoms with Crippen LogP contribution in [0.1, 0.15) is 0 Å². The van der Waals surface area contributed by atoms with Crippen LogP contribution in [0.5, 0.6) is 5.88 Å². The molecule has 2 aromatic rings. The van der Waals surface area contributed by atoms with Crippen molar-refractivity contribution in [3.05, 3.63) is 37.4 Å². The summed E-state index contributed by atoms with van der Waals surface area (Å²) in [4.78, 5) is 0. The van der Waals surface area contributed by atoms with E-state index in [0.717, 1.165) is 5.52 Å². The molecular formula is C9H9N2OY-. The molecule has 0 N–H and O–H groups in total. The summed E-state index contributed by atoms with van der Waals surface area (Å²) in [7, 11) is 0. The van der Waals surface area contributed by atoms with E-state index in [1.165, 1.54) is 0 Å². The monoisotopic (exact) mass is 250 g/mol. The van der Waals surface area contributed by atoms with Gasteiger partial charge in [0.2, 0.25) is 5.88 Å². The first kappa shape index (κ1) is 10.7. The molecule has 0 aliphatic heterocycles. The third-order valence-corrected chi connectivity index (χ3v) is 1.60. The Morgan fingerprint density at radius 2 is 2.31 bits per heavy atom. The molecule has 0 spiro atoms. The smallest absolute Gasteiger partial charge is 0.231 e. The van der Waals surface area contributed by atoms with E-state index in [9.17, 15) is 0 Å². The Hall–Kier alpha value is -0.406. The Labute approximate surface area is 102 Å². The number of hydrogen-bond acceptors (Lipinski definition) is 2. The minimum absolute atomic E-state index is 0. The number of nitrogens with zero attached hydrogens (tertiary/aromatic N) is 2. The van der Waals surface area contributed by atoms with Gasteiger partial charge in [-0.1, -0.05) is 6.07 Å². The minimum atomic E-state index is 0. The molecule has 65 valence electrons. The van der Waals surface area contributed by atoms with Gasteiger partial charge in [0.1, 0.15) is 0 Å². The first-order chi connectivity index (χ1) is 5.90. The molecule has 2 rings (SSSR count). The van der Waals surface area contributed by atoms with Crippen LogP contribution in [0.15, 0.2) is 30.5 Å². The fourth-order valence-corrected chi connectivity index (χ4v) is 1.09. The van der Waals surface area contributed by atoms with Crippen LogP contribution in [-0.4, -0.2) is 16.2 Å². The van der Waals surface area contributed by atoms with Gasteiger partial charge in [-0.25, -0.2) is 4.52 Å². The Kier molecular flexibility index (Phi) is 3.88. The zero-order valence-electron chi connectivity index (χ0n) is 7.18. The summed E-state index contributed by atoms with van der Waals surface area (Å²) in [6.45, 7) is 3.99. The second-order valence-electron chi connectivity index (χ2n) is 2.40. The van der Waals surface area contributed by atoms with Gasteiger partial charge in [-0.3, -0.25) is 0 Å². The van der Waals surface area contributed by atoms with Crippen LogP contribution in [0.2, 0.25) is 0 Å². The zero-order valence-corrected chi connectivity index (χ0v) is 10.0. The van der Waals surface area contributed by atoms with Crippen LogP contribution < -0.4 is 4.74 Å². The normalized spacial score (nSPS) is 9.62. The standard InChI is InChI=1S/C9H9N2O.Y/c1-2-12-9-7-8-5-3-4-6-11(8)10-9;/h3-7H,1-2H2;/q-1;. The summed E-state index contributed by atoms with van der Waals surface area (Å²) in [6, 6.07) is 7.74. The fraction of sp³-hybridized carbons (Fsp3) is 0.111. The predicted molar refractivity (Wildman–Crippen MR) is 46.0 cm³/mol. The van der Waals surface area contributed by atoms with E-state index in [2.05, 4.69) is 12.0 Å². The van der Waals surface area contributed by atoms with Crippen molar-refractivity contribution in [2.45, 2.75) is 0 Å². The van der Waals surface area contributed by atoms with Crippen molar-refractivity contribution in [2.24, 2.45) is 0 Å². The molecule has 0 aromatic carbocycles. The summed E-state index contributed by atoms with van der Waals surface area (Å²) < 4.78 is 6.92. The number of pyridine rings is 1. The number of ether oxygens (including phenoxy) is 1. The molecule has 0 bridgehead atoms. The third kappa shape index (κ3) is 2.29. The van der Waals surface area contributed by atoms with Gasteiger partial charge < -0.3 is 11.7 Å². The Morgan fingerprint density at radius 1 is 1.46 bits per heavy atom. The van der Waals surface area contributed by atoms with E-state index < -0.39 is 0 Å². The maximum Gasteiger partial charge on any atom is 0.231 e. The van der Waals surface area contributed by atoms with Crippen LogP contribution in [0, 0.1) is 6.92 Å². The van der Waals surface area contributed by atoms with E-state index in [1.807, 2.05) is 30.5 Å². The van der Waals surface area contributed by atoms with Crippen LogP contribution >= 0.6 is 0 Å². The van der Waals surface area contributed by atoms with Crippen LogP contribution in [0.4, 0.5) is 0 Å². The average molecular weight is 250 g/mol. The maximum absolute atomic E-state index is 5.15. The largest absolute Gasteiger partial charge is 0.510 e. The van der Waals surface area contributed by atoms with E-state index in [-0.39, 0.29) is 32.7 Å². The molecule has 3 nitrogen and oxygen atoms in total. The van der Waals surface area contributed by atoms with Crippen molar-refractivity contribution >= 4 is 5.52 Å². The Bertz CT molecular complexity index is 353. The van der Waals surface area contributed by atoms with E-state index >= 15 is 0 Å². The molecule has 13 heavy (non-hydrogen) atoms. The van der Waals surface area contributed by atoms with Crippen molar-refractivity contribution in [3.63, 3.8) is 0 Å². The minimum Gasteiger partial charge on any atom is -0.510 e. The molecule has 0 aliphatic rings. The summed E-state index contributed by atoms with van der Waals surface area (Å²) in [5.74, 6) is 0.621. The topological polar surface area (TPSA) is 26.5 Å². The summed E-state index contributed by atoms with van der Waals surface area (Å²) in [5, 5.41) is 4.16. The summed E-state index contributed by atoms with van der Waals surface area (Å²) >= 11 is 0. The second kappa shape index (κ2) is 4.73. The molecular weight excluding hydrogens is 241 g/mol. The molecule has 0 saturated carbocycles. The molecule has 2 aromatic heterocycles. The SMILES string of the molecule is [CH2-]COc1cc2ccccn2n1.[Y]. The average Bonchev–Trinajstić information content (AvgIpc) is 2.47.